The minimum atomic E-state index is 0.739. The summed E-state index contributed by atoms with van der Waals surface area (Å²) in [6.45, 7) is 4.76. The van der Waals surface area contributed by atoms with Gasteiger partial charge in [0.15, 0.2) is 5.96 Å². The number of halogens is 1. The highest BCUT2D eigenvalue weighted by atomic mass is 79.9. The fraction of sp³-hybridized carbons (Fsp3) is 0.615. The molecule has 1 fully saturated rings. The molecule has 1 saturated heterocycles. The number of guanidine groups is 1. The van der Waals surface area contributed by atoms with Gasteiger partial charge < -0.3 is 10.6 Å². The Morgan fingerprint density at radius 1 is 1.47 bits per heavy atom. The molecular formula is C13H20BrN3S2. The van der Waals surface area contributed by atoms with E-state index < -0.39 is 0 Å². The number of nitrogens with zero attached hydrogens (tertiary/aromatic N) is 1. The Morgan fingerprint density at radius 2 is 2.37 bits per heavy atom. The van der Waals surface area contributed by atoms with Crippen LogP contribution in [-0.2, 0) is 6.54 Å². The Morgan fingerprint density at radius 3 is 3.00 bits per heavy atom. The van der Waals surface area contributed by atoms with E-state index in [1.54, 1.807) is 11.3 Å². The SMILES string of the molecule is CCNC(=NCc1ccc(Br)s1)NCC1CCCS1. The van der Waals surface area contributed by atoms with E-state index in [1.165, 1.54) is 23.5 Å². The number of thioether (sulfide) groups is 1. The third-order valence-corrected chi connectivity index (χ3v) is 5.89. The molecule has 0 radical (unpaired) electrons. The van der Waals surface area contributed by atoms with Gasteiger partial charge in [-0.3, -0.25) is 0 Å². The number of aliphatic imine (C=N–C) groups is 1. The average molecular weight is 362 g/mol. The van der Waals surface area contributed by atoms with Gasteiger partial charge in [-0.15, -0.1) is 11.3 Å². The van der Waals surface area contributed by atoms with Gasteiger partial charge in [0.1, 0.15) is 0 Å². The zero-order chi connectivity index (χ0) is 13.5. The highest BCUT2D eigenvalue weighted by Gasteiger charge is 2.15. The second-order valence-corrected chi connectivity index (χ2v) is 8.37. The van der Waals surface area contributed by atoms with Crippen LogP contribution in [0.15, 0.2) is 20.9 Å². The number of hydrogen-bond acceptors (Lipinski definition) is 3. The van der Waals surface area contributed by atoms with Gasteiger partial charge in [-0.05, 0) is 53.6 Å². The smallest absolute Gasteiger partial charge is 0.191 e. The molecule has 0 aliphatic carbocycles. The molecule has 3 nitrogen and oxygen atoms in total. The minimum Gasteiger partial charge on any atom is -0.357 e. The van der Waals surface area contributed by atoms with Crippen LogP contribution < -0.4 is 10.6 Å². The van der Waals surface area contributed by atoms with Crippen LogP contribution in [0.1, 0.15) is 24.6 Å². The summed E-state index contributed by atoms with van der Waals surface area (Å²) in [5.74, 6) is 2.24. The van der Waals surface area contributed by atoms with Crippen molar-refractivity contribution in [2.75, 3.05) is 18.8 Å². The highest BCUT2D eigenvalue weighted by Crippen LogP contribution is 2.25. The first kappa shape index (κ1) is 15.2. The molecular weight excluding hydrogens is 342 g/mol. The number of rotatable bonds is 5. The van der Waals surface area contributed by atoms with E-state index >= 15 is 0 Å². The summed E-state index contributed by atoms with van der Waals surface area (Å²) in [4.78, 5) is 5.91. The topological polar surface area (TPSA) is 36.4 Å². The third-order valence-electron chi connectivity index (χ3n) is 2.89. The first-order chi connectivity index (χ1) is 9.28. The Labute approximate surface area is 131 Å². The summed E-state index contributed by atoms with van der Waals surface area (Å²) >= 11 is 7.29. The van der Waals surface area contributed by atoms with E-state index in [2.05, 4.69) is 62.4 Å². The third kappa shape index (κ3) is 5.36. The summed E-state index contributed by atoms with van der Waals surface area (Å²) in [6.07, 6.45) is 2.68. The Hall–Kier alpha value is -0.200. The largest absolute Gasteiger partial charge is 0.357 e. The predicted octanol–water partition coefficient (Wildman–Crippen LogP) is 3.46. The van der Waals surface area contributed by atoms with Crippen molar-refractivity contribution in [1.29, 1.82) is 0 Å². The first-order valence-electron chi connectivity index (χ1n) is 6.66. The van der Waals surface area contributed by atoms with Gasteiger partial charge in [0.2, 0.25) is 0 Å². The molecule has 19 heavy (non-hydrogen) atoms. The molecule has 1 aliphatic rings. The van der Waals surface area contributed by atoms with Crippen molar-refractivity contribution < 1.29 is 0 Å². The molecule has 1 aromatic rings. The Kier molecular flexibility index (Phi) is 6.53. The van der Waals surface area contributed by atoms with Crippen LogP contribution in [0.5, 0.6) is 0 Å². The highest BCUT2D eigenvalue weighted by molar-refractivity contribution is 9.11. The lowest BCUT2D eigenvalue weighted by atomic mass is 10.2. The lowest BCUT2D eigenvalue weighted by molar-refractivity contribution is 0.727. The fourth-order valence-electron chi connectivity index (χ4n) is 1.95. The zero-order valence-corrected chi connectivity index (χ0v) is 14.3. The van der Waals surface area contributed by atoms with Crippen molar-refractivity contribution in [3.8, 4) is 0 Å². The summed E-state index contributed by atoms with van der Waals surface area (Å²) in [5, 5.41) is 7.51. The average Bonchev–Trinajstić information content (AvgIpc) is 3.04. The summed E-state index contributed by atoms with van der Waals surface area (Å²) in [5.41, 5.74) is 0. The molecule has 2 N–H and O–H groups in total. The number of nitrogens with one attached hydrogen (secondary N) is 2. The molecule has 1 aliphatic heterocycles. The summed E-state index contributed by atoms with van der Waals surface area (Å²) < 4.78 is 1.16. The fourth-order valence-corrected chi connectivity index (χ4v) is 4.56. The Bertz CT molecular complexity index is 414. The lowest BCUT2D eigenvalue weighted by Crippen LogP contribution is -2.40. The van der Waals surface area contributed by atoms with Gasteiger partial charge in [-0.1, -0.05) is 0 Å². The first-order valence-corrected chi connectivity index (χ1v) is 9.31. The van der Waals surface area contributed by atoms with Crippen LogP contribution in [0.4, 0.5) is 0 Å². The molecule has 1 unspecified atom stereocenters. The zero-order valence-electron chi connectivity index (χ0n) is 11.1. The number of hydrogen-bond donors (Lipinski definition) is 2. The molecule has 0 saturated carbocycles. The molecule has 0 amide bonds. The second-order valence-electron chi connectivity index (χ2n) is 4.42. The molecule has 1 atom stereocenters. The van der Waals surface area contributed by atoms with Crippen LogP contribution in [0.25, 0.3) is 0 Å². The van der Waals surface area contributed by atoms with Crippen molar-refractivity contribution >= 4 is 45.0 Å². The van der Waals surface area contributed by atoms with Crippen molar-refractivity contribution in [2.24, 2.45) is 4.99 Å². The van der Waals surface area contributed by atoms with Crippen LogP contribution in [0.3, 0.4) is 0 Å². The maximum atomic E-state index is 4.63. The maximum Gasteiger partial charge on any atom is 0.191 e. The lowest BCUT2D eigenvalue weighted by Gasteiger charge is -2.14. The van der Waals surface area contributed by atoms with E-state index in [1.807, 2.05) is 0 Å². The molecule has 1 aromatic heterocycles. The summed E-state index contributed by atoms with van der Waals surface area (Å²) in [6, 6.07) is 4.19. The monoisotopic (exact) mass is 361 g/mol. The molecule has 106 valence electrons. The quantitative estimate of drug-likeness (QED) is 0.622. The van der Waals surface area contributed by atoms with E-state index in [4.69, 9.17) is 0 Å². The van der Waals surface area contributed by atoms with Crippen LogP contribution in [-0.4, -0.2) is 30.1 Å². The summed E-state index contributed by atoms with van der Waals surface area (Å²) in [7, 11) is 0. The van der Waals surface area contributed by atoms with Crippen molar-refractivity contribution in [1.82, 2.24) is 10.6 Å². The van der Waals surface area contributed by atoms with Crippen LogP contribution >= 0.6 is 39.0 Å². The normalized spacial score (nSPS) is 19.7. The van der Waals surface area contributed by atoms with Gasteiger partial charge in [0.05, 0.1) is 10.3 Å². The molecule has 2 heterocycles. The van der Waals surface area contributed by atoms with Crippen LogP contribution in [0, 0.1) is 0 Å². The van der Waals surface area contributed by atoms with E-state index in [0.717, 1.165) is 34.6 Å². The van der Waals surface area contributed by atoms with Gasteiger partial charge in [-0.2, -0.15) is 11.8 Å². The predicted molar refractivity (Wildman–Crippen MR) is 90.3 cm³/mol. The standard InChI is InChI=1S/C13H20BrN3S2/c1-2-15-13(16-8-10-4-3-7-18-10)17-9-11-5-6-12(14)19-11/h5-6,10H,2-4,7-9H2,1H3,(H2,15,16,17). The van der Waals surface area contributed by atoms with Crippen molar-refractivity contribution in [3.05, 3.63) is 20.8 Å². The molecule has 0 aromatic carbocycles. The van der Waals surface area contributed by atoms with E-state index in [-0.39, 0.29) is 0 Å². The Balaban J connectivity index is 1.83. The van der Waals surface area contributed by atoms with Gasteiger partial charge in [0, 0.05) is 23.2 Å². The van der Waals surface area contributed by atoms with Crippen molar-refractivity contribution in [3.63, 3.8) is 0 Å². The molecule has 6 heteroatoms. The molecule has 0 spiro atoms. The number of thiophene rings is 1. The van der Waals surface area contributed by atoms with Gasteiger partial charge in [0.25, 0.3) is 0 Å². The van der Waals surface area contributed by atoms with Crippen LogP contribution in [0.2, 0.25) is 0 Å². The van der Waals surface area contributed by atoms with Gasteiger partial charge >= 0.3 is 0 Å². The minimum absolute atomic E-state index is 0.739. The van der Waals surface area contributed by atoms with Crippen molar-refractivity contribution in [2.45, 2.75) is 31.6 Å². The van der Waals surface area contributed by atoms with Gasteiger partial charge in [-0.25, -0.2) is 4.99 Å². The molecule has 0 bridgehead atoms. The second kappa shape index (κ2) is 8.17. The molecule has 2 rings (SSSR count). The maximum absolute atomic E-state index is 4.63. The van der Waals surface area contributed by atoms with E-state index in [9.17, 15) is 0 Å². The van der Waals surface area contributed by atoms with E-state index in [0.29, 0.717) is 0 Å².